The summed E-state index contributed by atoms with van der Waals surface area (Å²) in [7, 11) is 3.06. The van der Waals surface area contributed by atoms with Gasteiger partial charge in [-0.2, -0.15) is 5.10 Å². The van der Waals surface area contributed by atoms with Gasteiger partial charge in [-0.05, 0) is 29.8 Å². The quantitative estimate of drug-likeness (QED) is 0.367. The molecular formula is C27H25N3O5. The van der Waals surface area contributed by atoms with E-state index in [1.165, 1.54) is 14.2 Å². The van der Waals surface area contributed by atoms with Gasteiger partial charge in [0.25, 0.3) is 5.91 Å². The van der Waals surface area contributed by atoms with Crippen LogP contribution in [0.4, 0.5) is 5.82 Å². The predicted octanol–water partition coefficient (Wildman–Crippen LogP) is 4.28. The zero-order valence-electron chi connectivity index (χ0n) is 19.4. The van der Waals surface area contributed by atoms with Gasteiger partial charge < -0.3 is 19.5 Å². The Morgan fingerprint density at radius 3 is 2.23 bits per heavy atom. The summed E-state index contributed by atoms with van der Waals surface area (Å²) in [5.74, 6) is 0.542. The number of amides is 1. The molecule has 0 radical (unpaired) electrons. The molecule has 1 N–H and O–H groups in total. The summed E-state index contributed by atoms with van der Waals surface area (Å²) in [5, 5.41) is 7.46. The first kappa shape index (κ1) is 23.6. The number of nitrogens with zero attached hydrogens (tertiary/aromatic N) is 2. The molecule has 1 amide bonds. The summed E-state index contributed by atoms with van der Waals surface area (Å²) in [6, 6.07) is 26.1. The third kappa shape index (κ3) is 5.86. The summed E-state index contributed by atoms with van der Waals surface area (Å²) in [6.45, 7) is -0.424. The van der Waals surface area contributed by atoms with E-state index in [9.17, 15) is 9.59 Å². The summed E-state index contributed by atoms with van der Waals surface area (Å²) >= 11 is 0. The molecule has 0 fully saturated rings. The number of carbonyl (C=O) groups is 2. The van der Waals surface area contributed by atoms with Crippen molar-refractivity contribution in [2.24, 2.45) is 0 Å². The van der Waals surface area contributed by atoms with E-state index in [-0.39, 0.29) is 6.42 Å². The molecule has 4 aromatic rings. The maximum absolute atomic E-state index is 12.6. The van der Waals surface area contributed by atoms with Crippen LogP contribution in [0.5, 0.6) is 11.5 Å². The molecule has 8 nitrogen and oxygen atoms in total. The molecule has 0 aliphatic rings. The average Bonchev–Trinajstić information content (AvgIpc) is 3.32. The van der Waals surface area contributed by atoms with E-state index in [0.29, 0.717) is 28.6 Å². The number of para-hydroxylation sites is 1. The number of rotatable bonds is 9. The molecule has 3 aromatic carbocycles. The minimum absolute atomic E-state index is 0.00621. The van der Waals surface area contributed by atoms with Gasteiger partial charge in [-0.15, -0.1) is 0 Å². The number of nitrogens with one attached hydrogen (secondary N) is 1. The second kappa shape index (κ2) is 11.0. The molecule has 0 aliphatic carbocycles. The molecule has 4 rings (SSSR count). The summed E-state index contributed by atoms with van der Waals surface area (Å²) < 4.78 is 17.3. The lowest BCUT2D eigenvalue weighted by molar-refractivity contribution is -0.146. The third-order valence-electron chi connectivity index (χ3n) is 5.21. The van der Waals surface area contributed by atoms with Crippen molar-refractivity contribution in [2.75, 3.05) is 26.1 Å². The maximum atomic E-state index is 12.6. The Labute approximate surface area is 203 Å². The first-order valence-corrected chi connectivity index (χ1v) is 10.9. The van der Waals surface area contributed by atoms with E-state index in [1.807, 2.05) is 60.7 Å². The molecule has 0 bridgehead atoms. The lowest BCUT2D eigenvalue weighted by atomic mass is 10.1. The minimum atomic E-state index is -0.533. The van der Waals surface area contributed by atoms with E-state index in [1.54, 1.807) is 28.9 Å². The summed E-state index contributed by atoms with van der Waals surface area (Å²) in [4.78, 5) is 24.9. The van der Waals surface area contributed by atoms with Crippen molar-refractivity contribution < 1.29 is 23.8 Å². The molecule has 0 spiro atoms. The molecule has 0 saturated carbocycles. The van der Waals surface area contributed by atoms with Crippen molar-refractivity contribution in [3.63, 3.8) is 0 Å². The van der Waals surface area contributed by atoms with Crippen LogP contribution in [0.3, 0.4) is 0 Å². The van der Waals surface area contributed by atoms with E-state index in [2.05, 4.69) is 10.4 Å². The fraction of sp³-hybridized carbons (Fsp3) is 0.148. The standard InChI is InChI=1S/C27H25N3O5/c1-33-23-14-13-19(15-24(23)34-2)16-27(32)35-18-26(31)28-25-17-22(20-9-5-3-6-10-20)29-30(25)21-11-7-4-8-12-21/h3-15,17H,16,18H2,1-2H3,(H,28,31). The van der Waals surface area contributed by atoms with Gasteiger partial charge in [0.15, 0.2) is 18.1 Å². The fourth-order valence-corrected chi connectivity index (χ4v) is 3.52. The smallest absolute Gasteiger partial charge is 0.310 e. The molecule has 0 saturated heterocycles. The minimum Gasteiger partial charge on any atom is -0.493 e. The first-order chi connectivity index (χ1) is 17.1. The highest BCUT2D eigenvalue weighted by molar-refractivity contribution is 5.93. The van der Waals surface area contributed by atoms with Crippen LogP contribution >= 0.6 is 0 Å². The fourth-order valence-electron chi connectivity index (χ4n) is 3.52. The van der Waals surface area contributed by atoms with Crippen molar-refractivity contribution in [1.82, 2.24) is 9.78 Å². The molecular weight excluding hydrogens is 446 g/mol. The van der Waals surface area contributed by atoms with E-state index in [4.69, 9.17) is 14.2 Å². The highest BCUT2D eigenvalue weighted by Crippen LogP contribution is 2.28. The Bertz CT molecular complexity index is 1300. The number of hydrogen-bond acceptors (Lipinski definition) is 6. The monoisotopic (exact) mass is 471 g/mol. The van der Waals surface area contributed by atoms with Crippen LogP contribution in [0, 0.1) is 0 Å². The van der Waals surface area contributed by atoms with E-state index in [0.717, 1.165) is 11.3 Å². The van der Waals surface area contributed by atoms with Crippen molar-refractivity contribution in [1.29, 1.82) is 0 Å². The third-order valence-corrected chi connectivity index (χ3v) is 5.21. The largest absolute Gasteiger partial charge is 0.493 e. The van der Waals surface area contributed by atoms with Crippen LogP contribution in [-0.2, 0) is 20.7 Å². The number of aromatic nitrogens is 2. The van der Waals surface area contributed by atoms with Crippen molar-refractivity contribution >= 4 is 17.7 Å². The van der Waals surface area contributed by atoms with Gasteiger partial charge in [-0.1, -0.05) is 54.6 Å². The normalized spacial score (nSPS) is 10.5. The van der Waals surface area contributed by atoms with E-state index >= 15 is 0 Å². The highest BCUT2D eigenvalue weighted by Gasteiger charge is 2.16. The Morgan fingerprint density at radius 1 is 0.857 bits per heavy atom. The number of methoxy groups -OCH3 is 2. The molecule has 8 heteroatoms. The summed E-state index contributed by atoms with van der Waals surface area (Å²) in [6.07, 6.45) is -0.00621. The lowest BCUT2D eigenvalue weighted by Crippen LogP contribution is -2.23. The van der Waals surface area contributed by atoms with Gasteiger partial charge in [0.05, 0.1) is 32.0 Å². The first-order valence-electron chi connectivity index (χ1n) is 10.9. The van der Waals surface area contributed by atoms with Gasteiger partial charge >= 0.3 is 5.97 Å². The van der Waals surface area contributed by atoms with Gasteiger partial charge in [0.1, 0.15) is 5.82 Å². The van der Waals surface area contributed by atoms with Crippen LogP contribution in [0.15, 0.2) is 84.9 Å². The Morgan fingerprint density at radius 2 is 1.54 bits per heavy atom. The molecule has 178 valence electrons. The van der Waals surface area contributed by atoms with Crippen LogP contribution in [0.1, 0.15) is 5.56 Å². The second-order valence-corrected chi connectivity index (χ2v) is 7.60. The number of benzene rings is 3. The zero-order valence-corrected chi connectivity index (χ0v) is 19.4. The molecule has 1 aromatic heterocycles. The van der Waals surface area contributed by atoms with E-state index < -0.39 is 18.5 Å². The predicted molar refractivity (Wildman–Crippen MR) is 132 cm³/mol. The molecule has 35 heavy (non-hydrogen) atoms. The number of ether oxygens (including phenoxy) is 3. The number of carbonyl (C=O) groups excluding carboxylic acids is 2. The van der Waals surface area contributed by atoms with Crippen molar-refractivity contribution in [2.45, 2.75) is 6.42 Å². The topological polar surface area (TPSA) is 91.7 Å². The SMILES string of the molecule is COc1ccc(CC(=O)OCC(=O)Nc2cc(-c3ccccc3)nn2-c2ccccc2)cc1OC. The van der Waals surface area contributed by atoms with Crippen LogP contribution in [0.2, 0.25) is 0 Å². The maximum Gasteiger partial charge on any atom is 0.310 e. The van der Waals surface area contributed by atoms with Crippen LogP contribution < -0.4 is 14.8 Å². The van der Waals surface area contributed by atoms with Gasteiger partial charge in [0.2, 0.25) is 0 Å². The zero-order chi connectivity index (χ0) is 24.6. The number of anilines is 1. The Kier molecular flexibility index (Phi) is 7.42. The molecule has 0 aliphatic heterocycles. The summed E-state index contributed by atoms with van der Waals surface area (Å²) in [5.41, 5.74) is 3.09. The number of esters is 1. The van der Waals surface area contributed by atoms with Crippen molar-refractivity contribution in [3.05, 3.63) is 90.5 Å². The second-order valence-electron chi connectivity index (χ2n) is 7.60. The van der Waals surface area contributed by atoms with Gasteiger partial charge in [-0.3, -0.25) is 9.59 Å². The number of hydrogen-bond donors (Lipinski definition) is 1. The van der Waals surface area contributed by atoms with Crippen LogP contribution in [-0.4, -0.2) is 42.5 Å². The lowest BCUT2D eigenvalue weighted by Gasteiger charge is -2.10. The molecule has 0 unspecified atom stereocenters. The average molecular weight is 472 g/mol. The molecule has 1 heterocycles. The van der Waals surface area contributed by atoms with Crippen molar-refractivity contribution in [3.8, 4) is 28.4 Å². The highest BCUT2D eigenvalue weighted by atomic mass is 16.5. The van der Waals surface area contributed by atoms with Gasteiger partial charge in [0, 0.05) is 11.6 Å². The van der Waals surface area contributed by atoms with Crippen LogP contribution in [0.25, 0.3) is 16.9 Å². The van der Waals surface area contributed by atoms with Gasteiger partial charge in [-0.25, -0.2) is 4.68 Å². The molecule has 0 atom stereocenters. The Balaban J connectivity index is 1.43. The Hall–Kier alpha value is -4.59.